The lowest BCUT2D eigenvalue weighted by molar-refractivity contribution is -0.202. The van der Waals surface area contributed by atoms with Crippen molar-refractivity contribution in [2.75, 3.05) is 6.61 Å². The topological polar surface area (TPSA) is 42.0 Å². The summed E-state index contributed by atoms with van der Waals surface area (Å²) >= 11 is 0. The van der Waals surface area contributed by atoms with E-state index in [2.05, 4.69) is 33.8 Å². The molecule has 0 aromatic rings. The van der Waals surface area contributed by atoms with Crippen LogP contribution in [0.25, 0.3) is 0 Å². The number of hydrogen-bond donors (Lipinski definition) is 1. The summed E-state index contributed by atoms with van der Waals surface area (Å²) in [5, 5.41) is 11.3. The van der Waals surface area contributed by atoms with Gasteiger partial charge in [-0.15, -0.1) is 0 Å². The predicted molar refractivity (Wildman–Crippen MR) is 89.9 cm³/mol. The maximum atomic E-state index is 11.3. The smallest absolute Gasteiger partial charge is 0.218 e. The van der Waals surface area contributed by atoms with E-state index in [1.807, 2.05) is 6.08 Å². The average Bonchev–Trinajstić information content (AvgIpc) is 3.13. The van der Waals surface area contributed by atoms with Gasteiger partial charge in [0.15, 0.2) is 5.60 Å². The highest BCUT2D eigenvalue weighted by Gasteiger charge is 2.89. The Kier molecular flexibility index (Phi) is 3.25. The first kappa shape index (κ1) is 15.9. The summed E-state index contributed by atoms with van der Waals surface area (Å²) in [6.45, 7) is 9.59. The molecule has 0 unspecified atom stereocenters. The van der Waals surface area contributed by atoms with Crippen molar-refractivity contribution in [1.82, 2.24) is 0 Å². The van der Waals surface area contributed by atoms with Gasteiger partial charge in [-0.1, -0.05) is 31.1 Å². The quantitative estimate of drug-likeness (QED) is 0.540. The van der Waals surface area contributed by atoms with Crippen molar-refractivity contribution in [3.63, 3.8) is 0 Å². The monoisotopic (exact) mass is 318 g/mol. The van der Waals surface area contributed by atoms with Crippen LogP contribution >= 0.6 is 0 Å². The SMILES string of the molecule is C/C1=C\[C@@]2(O)OC[C@]34O[C@@]32CC[C@@H](C)[C@]4(C)CC/C(C)=C/CC1. The third kappa shape index (κ3) is 1.82. The van der Waals surface area contributed by atoms with E-state index in [1.54, 1.807) is 0 Å². The number of rotatable bonds is 0. The minimum atomic E-state index is -1.24. The Hall–Kier alpha value is -0.640. The van der Waals surface area contributed by atoms with Gasteiger partial charge in [0.25, 0.3) is 0 Å². The first-order valence-electron chi connectivity index (χ1n) is 9.19. The Balaban J connectivity index is 1.81. The fourth-order valence-electron chi connectivity index (χ4n) is 5.54. The summed E-state index contributed by atoms with van der Waals surface area (Å²) in [6, 6.07) is 0. The highest BCUT2D eigenvalue weighted by Crippen LogP contribution is 2.75. The molecule has 0 aromatic carbocycles. The molecule has 3 heteroatoms. The van der Waals surface area contributed by atoms with Crippen LogP contribution in [0.5, 0.6) is 0 Å². The molecular formula is C20H30O3. The normalized spacial score (nSPS) is 57.2. The van der Waals surface area contributed by atoms with Gasteiger partial charge < -0.3 is 14.6 Å². The molecule has 2 aliphatic heterocycles. The van der Waals surface area contributed by atoms with Crippen LogP contribution in [0.2, 0.25) is 0 Å². The van der Waals surface area contributed by atoms with Crippen molar-refractivity contribution in [3.8, 4) is 0 Å². The summed E-state index contributed by atoms with van der Waals surface area (Å²) in [5.74, 6) is -0.652. The second-order valence-corrected chi connectivity index (χ2v) is 8.68. The van der Waals surface area contributed by atoms with E-state index in [-0.39, 0.29) is 11.0 Å². The Bertz CT molecular complexity index is 594. The zero-order valence-electron chi connectivity index (χ0n) is 14.9. The van der Waals surface area contributed by atoms with Crippen LogP contribution in [0.1, 0.15) is 66.2 Å². The second kappa shape index (κ2) is 4.71. The van der Waals surface area contributed by atoms with E-state index in [9.17, 15) is 5.11 Å². The van der Waals surface area contributed by atoms with Gasteiger partial charge in [0.2, 0.25) is 5.79 Å². The fraction of sp³-hybridized carbons (Fsp3) is 0.800. The van der Waals surface area contributed by atoms with Crippen molar-refractivity contribution < 1.29 is 14.6 Å². The van der Waals surface area contributed by atoms with Crippen LogP contribution < -0.4 is 0 Å². The molecule has 2 heterocycles. The fourth-order valence-corrected chi connectivity index (χ4v) is 5.54. The van der Waals surface area contributed by atoms with Crippen molar-refractivity contribution in [2.45, 2.75) is 83.2 Å². The van der Waals surface area contributed by atoms with Crippen LogP contribution in [-0.2, 0) is 9.47 Å². The van der Waals surface area contributed by atoms with Crippen molar-refractivity contribution >= 4 is 0 Å². The van der Waals surface area contributed by atoms with Crippen molar-refractivity contribution in [3.05, 3.63) is 23.3 Å². The van der Waals surface area contributed by atoms with Gasteiger partial charge >= 0.3 is 0 Å². The summed E-state index contributed by atoms with van der Waals surface area (Å²) in [6.07, 6.45) is 10.5. The summed E-state index contributed by atoms with van der Waals surface area (Å²) in [7, 11) is 0. The Morgan fingerprint density at radius 2 is 1.91 bits per heavy atom. The van der Waals surface area contributed by atoms with Crippen LogP contribution in [-0.4, -0.2) is 28.7 Å². The van der Waals surface area contributed by atoms with Gasteiger partial charge in [0.05, 0.1) is 6.61 Å². The number of epoxide rings is 1. The van der Waals surface area contributed by atoms with Gasteiger partial charge in [-0.05, 0) is 64.4 Å². The largest absolute Gasteiger partial charge is 0.360 e. The van der Waals surface area contributed by atoms with E-state index in [0.29, 0.717) is 12.5 Å². The maximum absolute atomic E-state index is 11.3. The zero-order chi connectivity index (χ0) is 16.5. The number of hydrogen-bond acceptors (Lipinski definition) is 3. The van der Waals surface area contributed by atoms with Crippen molar-refractivity contribution in [2.24, 2.45) is 11.3 Å². The zero-order valence-corrected chi connectivity index (χ0v) is 14.9. The molecule has 4 aliphatic rings. The summed E-state index contributed by atoms with van der Waals surface area (Å²) in [4.78, 5) is 0. The van der Waals surface area contributed by atoms with Gasteiger partial charge in [-0.2, -0.15) is 0 Å². The standard InChI is InChI=1S/C20H30O3/c1-14-6-5-7-15(2)12-20(21)18-11-9-16(3)17(4,10-8-14)19(18,23-18)13-22-20/h6,12,16,21H,5,7-11,13H2,1-4H3/b14-6+,15-12+/t16-,17+,18+,19-,20-/m1/s1. The molecule has 0 radical (unpaired) electrons. The van der Waals surface area contributed by atoms with Crippen LogP contribution in [0.4, 0.5) is 0 Å². The van der Waals surface area contributed by atoms with Gasteiger partial charge in [-0.25, -0.2) is 0 Å². The van der Waals surface area contributed by atoms with E-state index < -0.39 is 11.4 Å². The molecule has 4 rings (SSSR count). The molecule has 2 saturated heterocycles. The lowest BCUT2D eigenvalue weighted by Gasteiger charge is -2.44. The Labute approximate surface area is 139 Å². The average molecular weight is 318 g/mol. The minimum absolute atomic E-state index is 0.0613. The molecular weight excluding hydrogens is 288 g/mol. The number of allylic oxidation sites excluding steroid dienone is 3. The summed E-state index contributed by atoms with van der Waals surface area (Å²) in [5.41, 5.74) is 1.92. The molecule has 128 valence electrons. The highest BCUT2D eigenvalue weighted by molar-refractivity contribution is 5.38. The maximum Gasteiger partial charge on any atom is 0.218 e. The molecule has 0 aromatic heterocycles. The number of ether oxygens (including phenoxy) is 2. The highest BCUT2D eigenvalue weighted by atomic mass is 16.8. The van der Waals surface area contributed by atoms with E-state index in [0.717, 1.165) is 38.5 Å². The van der Waals surface area contributed by atoms with Gasteiger partial charge in [0.1, 0.15) is 5.60 Å². The molecule has 4 bridgehead atoms. The van der Waals surface area contributed by atoms with E-state index >= 15 is 0 Å². The van der Waals surface area contributed by atoms with E-state index in [1.165, 1.54) is 11.1 Å². The summed E-state index contributed by atoms with van der Waals surface area (Å²) < 4.78 is 12.5. The molecule has 3 nitrogen and oxygen atoms in total. The Morgan fingerprint density at radius 3 is 2.70 bits per heavy atom. The second-order valence-electron chi connectivity index (χ2n) is 8.68. The lowest BCUT2D eigenvalue weighted by Crippen LogP contribution is -2.53. The van der Waals surface area contributed by atoms with Crippen molar-refractivity contribution in [1.29, 1.82) is 0 Å². The molecule has 1 N–H and O–H groups in total. The van der Waals surface area contributed by atoms with Crippen LogP contribution in [0.3, 0.4) is 0 Å². The molecule has 5 atom stereocenters. The molecule has 1 saturated carbocycles. The van der Waals surface area contributed by atoms with Crippen LogP contribution in [0, 0.1) is 11.3 Å². The van der Waals surface area contributed by atoms with Gasteiger partial charge in [-0.3, -0.25) is 0 Å². The molecule has 0 spiro atoms. The van der Waals surface area contributed by atoms with E-state index in [4.69, 9.17) is 9.47 Å². The van der Waals surface area contributed by atoms with Gasteiger partial charge in [0, 0.05) is 5.41 Å². The Morgan fingerprint density at radius 1 is 1.13 bits per heavy atom. The third-order valence-electron chi connectivity index (χ3n) is 7.49. The molecule has 0 amide bonds. The third-order valence-corrected chi connectivity index (χ3v) is 7.49. The minimum Gasteiger partial charge on any atom is -0.360 e. The predicted octanol–water partition coefficient (Wildman–Crippen LogP) is 4.12. The molecule has 3 fully saturated rings. The first-order valence-corrected chi connectivity index (χ1v) is 9.19. The lowest BCUT2D eigenvalue weighted by atomic mass is 9.55. The first-order chi connectivity index (χ1) is 10.8. The molecule has 23 heavy (non-hydrogen) atoms. The van der Waals surface area contributed by atoms with Crippen LogP contribution in [0.15, 0.2) is 23.3 Å². The number of aliphatic hydroxyl groups is 1. The molecule has 2 aliphatic carbocycles.